The second-order valence-electron chi connectivity index (χ2n) is 9.49. The summed E-state index contributed by atoms with van der Waals surface area (Å²) in [6.45, 7) is 5.83. The smallest absolute Gasteiger partial charge is 0.169 e. The van der Waals surface area contributed by atoms with Crippen molar-refractivity contribution in [1.82, 2.24) is 29.8 Å². The van der Waals surface area contributed by atoms with Crippen LogP contribution in [0.1, 0.15) is 21.7 Å². The van der Waals surface area contributed by atoms with Gasteiger partial charge in [0.25, 0.3) is 0 Å². The Bertz CT molecular complexity index is 1580. The number of piperazine rings is 1. The van der Waals surface area contributed by atoms with Crippen LogP contribution in [-0.4, -0.2) is 68.8 Å². The number of aryl methyl sites for hydroxylation is 1. The maximum absolute atomic E-state index is 13.1. The van der Waals surface area contributed by atoms with Gasteiger partial charge in [-0.05, 0) is 55.8 Å². The van der Waals surface area contributed by atoms with Gasteiger partial charge in [0.1, 0.15) is 5.82 Å². The fourth-order valence-corrected chi connectivity index (χ4v) is 4.69. The molecule has 6 heterocycles. The van der Waals surface area contributed by atoms with Crippen LogP contribution >= 0.6 is 0 Å². The Morgan fingerprint density at radius 2 is 1.75 bits per heavy atom. The quantitative estimate of drug-likeness (QED) is 0.382. The highest BCUT2D eigenvalue weighted by molar-refractivity contribution is 5.98. The minimum Gasteiger partial charge on any atom is -0.357 e. The number of aromatic nitrogens is 5. The number of nitrogens with one attached hydrogen (secondary N) is 1. The lowest BCUT2D eigenvalue weighted by Gasteiger charge is -2.33. The first-order valence-electron chi connectivity index (χ1n) is 12.1. The van der Waals surface area contributed by atoms with Crippen molar-refractivity contribution in [2.45, 2.75) is 13.3 Å². The molecule has 0 unspecified atom stereocenters. The lowest BCUT2D eigenvalue weighted by Crippen LogP contribution is -2.44. The molecule has 1 saturated heterocycles. The highest BCUT2D eigenvalue weighted by atomic mass is 16.1. The molecule has 0 saturated carbocycles. The van der Waals surface area contributed by atoms with E-state index in [1.807, 2.05) is 43.6 Å². The van der Waals surface area contributed by atoms with E-state index >= 15 is 0 Å². The Balaban J connectivity index is 1.24. The third kappa shape index (κ3) is 4.43. The van der Waals surface area contributed by atoms with Crippen molar-refractivity contribution in [2.24, 2.45) is 0 Å². The Labute approximate surface area is 209 Å². The molecule has 0 aromatic carbocycles. The SMILES string of the molecule is Cc1cc2ncc(-c3cc4cc(CC(=O)c5ccnc(N6CCN(C)CC6)c5)ncc4cn3)cc2[nH]1. The standard InChI is InChI=1S/C28H27N7O/c1-18-9-25-26(33-18)12-21(15-32-25)24-11-20-10-23(30-16-22(20)17-31-24)14-27(36)19-3-4-29-28(13-19)35-7-5-34(2)6-8-35/h3-4,9-13,15-17,33H,5-8,14H2,1-2H3. The van der Waals surface area contributed by atoms with Gasteiger partial charge in [0.15, 0.2) is 5.78 Å². The van der Waals surface area contributed by atoms with Crippen molar-refractivity contribution in [2.75, 3.05) is 38.1 Å². The number of pyridine rings is 4. The number of hydrogen-bond donors (Lipinski definition) is 1. The average Bonchev–Trinajstić information content (AvgIpc) is 3.28. The van der Waals surface area contributed by atoms with Crippen LogP contribution in [0.3, 0.4) is 0 Å². The van der Waals surface area contributed by atoms with Gasteiger partial charge in [0, 0.05) is 78.9 Å². The predicted octanol–water partition coefficient (Wildman–Crippen LogP) is 4.05. The Hall–Kier alpha value is -4.17. The molecule has 0 amide bonds. The number of hydrogen-bond acceptors (Lipinski definition) is 7. The molecule has 1 aliphatic heterocycles. The van der Waals surface area contributed by atoms with Gasteiger partial charge in [-0.25, -0.2) is 4.98 Å². The summed E-state index contributed by atoms with van der Waals surface area (Å²) in [7, 11) is 2.12. The molecule has 5 aromatic heterocycles. The van der Waals surface area contributed by atoms with Crippen LogP contribution < -0.4 is 4.90 Å². The fraction of sp³-hybridized carbons (Fsp3) is 0.250. The van der Waals surface area contributed by atoms with Crippen molar-refractivity contribution in [3.05, 3.63) is 78.1 Å². The van der Waals surface area contributed by atoms with E-state index in [0.29, 0.717) is 5.56 Å². The summed E-state index contributed by atoms with van der Waals surface area (Å²) in [4.78, 5) is 39.2. The summed E-state index contributed by atoms with van der Waals surface area (Å²) < 4.78 is 0. The van der Waals surface area contributed by atoms with Crippen LogP contribution in [0.5, 0.6) is 0 Å². The summed E-state index contributed by atoms with van der Waals surface area (Å²) in [5.41, 5.74) is 6.17. The fourth-order valence-electron chi connectivity index (χ4n) is 4.69. The molecule has 1 N–H and O–H groups in total. The molecule has 0 atom stereocenters. The Morgan fingerprint density at radius 1 is 0.917 bits per heavy atom. The number of anilines is 1. The monoisotopic (exact) mass is 477 g/mol. The molecular formula is C28H27N7O. The zero-order valence-corrected chi connectivity index (χ0v) is 20.4. The number of Topliss-reactive ketones (excluding diaryl/α,β-unsaturated/α-hetero) is 1. The van der Waals surface area contributed by atoms with E-state index in [9.17, 15) is 4.79 Å². The lowest BCUT2D eigenvalue weighted by atomic mass is 10.0. The van der Waals surface area contributed by atoms with E-state index in [1.54, 1.807) is 18.5 Å². The highest BCUT2D eigenvalue weighted by Crippen LogP contribution is 2.25. The highest BCUT2D eigenvalue weighted by Gasteiger charge is 2.17. The first-order valence-corrected chi connectivity index (χ1v) is 12.1. The predicted molar refractivity (Wildman–Crippen MR) is 141 cm³/mol. The summed E-state index contributed by atoms with van der Waals surface area (Å²) in [6.07, 6.45) is 7.40. The van der Waals surface area contributed by atoms with Crippen LogP contribution in [0.2, 0.25) is 0 Å². The number of rotatable bonds is 5. The van der Waals surface area contributed by atoms with Gasteiger partial charge in [-0.3, -0.25) is 19.7 Å². The third-order valence-corrected chi connectivity index (χ3v) is 6.80. The second-order valence-corrected chi connectivity index (χ2v) is 9.49. The van der Waals surface area contributed by atoms with Crippen molar-refractivity contribution < 1.29 is 4.79 Å². The van der Waals surface area contributed by atoms with Crippen LogP contribution in [-0.2, 0) is 6.42 Å². The molecule has 8 nitrogen and oxygen atoms in total. The van der Waals surface area contributed by atoms with E-state index in [-0.39, 0.29) is 12.2 Å². The minimum atomic E-state index is 0.0330. The number of nitrogens with zero attached hydrogens (tertiary/aromatic N) is 6. The van der Waals surface area contributed by atoms with Crippen molar-refractivity contribution in [3.63, 3.8) is 0 Å². The van der Waals surface area contributed by atoms with Gasteiger partial charge in [-0.2, -0.15) is 0 Å². The first kappa shape index (κ1) is 22.3. The Kier molecular flexibility index (Phi) is 5.65. The molecule has 0 spiro atoms. The lowest BCUT2D eigenvalue weighted by molar-refractivity contribution is 0.0992. The van der Waals surface area contributed by atoms with Gasteiger partial charge in [-0.1, -0.05) is 0 Å². The average molecular weight is 478 g/mol. The number of fused-ring (bicyclic) bond motifs is 2. The summed E-state index contributed by atoms with van der Waals surface area (Å²) in [6, 6.07) is 11.8. The second kappa shape index (κ2) is 9.13. The van der Waals surface area contributed by atoms with Crippen LogP contribution in [0.25, 0.3) is 33.1 Å². The maximum Gasteiger partial charge on any atom is 0.169 e. The van der Waals surface area contributed by atoms with E-state index in [0.717, 1.165) is 76.4 Å². The van der Waals surface area contributed by atoms with E-state index in [1.165, 1.54) is 0 Å². The molecular weight excluding hydrogens is 450 g/mol. The molecule has 36 heavy (non-hydrogen) atoms. The van der Waals surface area contributed by atoms with E-state index in [2.05, 4.69) is 47.8 Å². The molecule has 180 valence electrons. The van der Waals surface area contributed by atoms with Crippen molar-refractivity contribution in [1.29, 1.82) is 0 Å². The molecule has 8 heteroatoms. The third-order valence-electron chi connectivity index (χ3n) is 6.80. The van der Waals surface area contributed by atoms with Crippen molar-refractivity contribution in [3.8, 4) is 11.3 Å². The number of likely N-dealkylation sites (N-methyl/N-ethyl adjacent to an activating group) is 1. The molecule has 1 fully saturated rings. The zero-order chi connectivity index (χ0) is 24.6. The summed E-state index contributed by atoms with van der Waals surface area (Å²) >= 11 is 0. The number of H-pyrrole nitrogens is 1. The van der Waals surface area contributed by atoms with Crippen LogP contribution in [0.15, 0.2) is 61.2 Å². The number of aromatic amines is 1. The summed E-state index contributed by atoms with van der Waals surface area (Å²) in [5.74, 6) is 0.893. The molecule has 0 radical (unpaired) electrons. The van der Waals surface area contributed by atoms with Gasteiger partial charge >= 0.3 is 0 Å². The summed E-state index contributed by atoms with van der Waals surface area (Å²) in [5, 5.41) is 1.93. The largest absolute Gasteiger partial charge is 0.357 e. The molecule has 0 aliphatic carbocycles. The number of ketones is 1. The number of carbonyl (C=O) groups is 1. The first-order chi connectivity index (χ1) is 17.5. The van der Waals surface area contributed by atoms with E-state index < -0.39 is 0 Å². The minimum absolute atomic E-state index is 0.0330. The molecule has 5 aromatic rings. The van der Waals surface area contributed by atoms with Crippen LogP contribution in [0.4, 0.5) is 5.82 Å². The van der Waals surface area contributed by atoms with Gasteiger partial charge in [-0.15, -0.1) is 0 Å². The normalized spacial score (nSPS) is 14.6. The Morgan fingerprint density at radius 3 is 2.61 bits per heavy atom. The van der Waals surface area contributed by atoms with Gasteiger partial charge < -0.3 is 14.8 Å². The van der Waals surface area contributed by atoms with Crippen molar-refractivity contribution >= 4 is 33.4 Å². The van der Waals surface area contributed by atoms with Crippen LogP contribution in [0, 0.1) is 6.92 Å². The van der Waals surface area contributed by atoms with Gasteiger partial charge in [0.05, 0.1) is 23.1 Å². The van der Waals surface area contributed by atoms with E-state index in [4.69, 9.17) is 0 Å². The molecule has 6 rings (SSSR count). The maximum atomic E-state index is 13.1. The zero-order valence-electron chi connectivity index (χ0n) is 20.4. The molecule has 1 aliphatic rings. The number of carbonyl (C=O) groups excluding carboxylic acids is 1. The van der Waals surface area contributed by atoms with Gasteiger partial charge in [0.2, 0.25) is 0 Å². The molecule has 0 bridgehead atoms. The topological polar surface area (TPSA) is 90.9 Å².